The average molecular weight is 418 g/mol. The van der Waals surface area contributed by atoms with Crippen LogP contribution in [0.5, 0.6) is 0 Å². The van der Waals surface area contributed by atoms with Crippen LogP contribution in [0.15, 0.2) is 36.4 Å². The summed E-state index contributed by atoms with van der Waals surface area (Å²) in [4.78, 5) is 26.3. The zero-order valence-electron chi connectivity index (χ0n) is 12.7. The van der Waals surface area contributed by atoms with Crippen LogP contribution in [0.1, 0.15) is 6.42 Å². The highest BCUT2D eigenvalue weighted by Gasteiger charge is 2.36. The van der Waals surface area contributed by atoms with Gasteiger partial charge in [-0.2, -0.15) is 0 Å². The Morgan fingerprint density at radius 3 is 2.60 bits per heavy atom. The predicted molar refractivity (Wildman–Crippen MR) is 102 cm³/mol. The summed E-state index contributed by atoms with van der Waals surface area (Å²) >= 11 is 24.2. The van der Waals surface area contributed by atoms with Crippen LogP contribution >= 0.6 is 46.4 Å². The molecule has 1 atom stereocenters. The highest BCUT2D eigenvalue weighted by molar-refractivity contribution is 6.44. The van der Waals surface area contributed by atoms with Crippen LogP contribution in [-0.2, 0) is 9.59 Å². The van der Waals surface area contributed by atoms with Crippen molar-refractivity contribution in [3.63, 3.8) is 0 Å². The Hall–Kier alpha value is -1.46. The monoisotopic (exact) mass is 416 g/mol. The van der Waals surface area contributed by atoms with E-state index in [2.05, 4.69) is 5.32 Å². The van der Waals surface area contributed by atoms with Gasteiger partial charge in [0.2, 0.25) is 11.8 Å². The molecule has 0 aromatic heterocycles. The summed E-state index contributed by atoms with van der Waals surface area (Å²) in [5.74, 6) is -1.03. The SMILES string of the molecule is O=C(Nc1cc(Cl)ccc1Cl)[C@H]1CC(=O)N(c2cccc(Cl)c2Cl)C1. The van der Waals surface area contributed by atoms with Crippen LogP contribution in [0.25, 0.3) is 0 Å². The fourth-order valence-corrected chi connectivity index (χ4v) is 3.38. The van der Waals surface area contributed by atoms with E-state index in [1.54, 1.807) is 36.4 Å². The maximum absolute atomic E-state index is 12.5. The molecule has 0 radical (unpaired) electrons. The van der Waals surface area contributed by atoms with Gasteiger partial charge in [-0.1, -0.05) is 52.5 Å². The number of halogens is 4. The summed E-state index contributed by atoms with van der Waals surface area (Å²) < 4.78 is 0. The molecule has 0 saturated carbocycles. The lowest BCUT2D eigenvalue weighted by atomic mass is 10.1. The van der Waals surface area contributed by atoms with Crippen molar-refractivity contribution in [2.45, 2.75) is 6.42 Å². The lowest BCUT2D eigenvalue weighted by Crippen LogP contribution is -2.28. The highest BCUT2D eigenvalue weighted by Crippen LogP contribution is 2.36. The minimum absolute atomic E-state index is 0.0763. The zero-order chi connectivity index (χ0) is 18.1. The molecule has 25 heavy (non-hydrogen) atoms. The molecule has 8 heteroatoms. The van der Waals surface area contributed by atoms with Gasteiger partial charge in [-0.3, -0.25) is 9.59 Å². The number of carbonyl (C=O) groups excluding carboxylic acids is 2. The minimum atomic E-state index is -0.530. The van der Waals surface area contributed by atoms with E-state index in [0.717, 1.165) is 0 Å². The van der Waals surface area contributed by atoms with E-state index >= 15 is 0 Å². The number of hydrogen-bond donors (Lipinski definition) is 1. The van der Waals surface area contributed by atoms with Gasteiger partial charge in [0.15, 0.2) is 0 Å². The lowest BCUT2D eigenvalue weighted by Gasteiger charge is -2.18. The van der Waals surface area contributed by atoms with Crippen molar-refractivity contribution in [3.8, 4) is 0 Å². The maximum atomic E-state index is 12.5. The number of rotatable bonds is 3. The van der Waals surface area contributed by atoms with Gasteiger partial charge in [0.05, 0.1) is 32.4 Å². The molecule has 1 heterocycles. The number of nitrogens with one attached hydrogen (secondary N) is 1. The summed E-state index contributed by atoms with van der Waals surface area (Å²) in [6, 6.07) is 9.82. The van der Waals surface area contributed by atoms with Crippen LogP contribution in [0, 0.1) is 5.92 Å². The standard InChI is InChI=1S/C17H12Cl4N2O2/c18-10-4-5-11(19)13(7-10)22-17(25)9-6-15(24)23(8-9)14-3-1-2-12(20)16(14)21/h1-5,7,9H,6,8H2,(H,22,25)/t9-/m0/s1. The Bertz CT molecular complexity index is 857. The number of nitrogens with zero attached hydrogens (tertiary/aromatic N) is 1. The third-order valence-corrected chi connectivity index (χ3v) is 5.28. The molecule has 2 aromatic rings. The summed E-state index contributed by atoms with van der Waals surface area (Å²) in [6.07, 6.45) is 0.0763. The van der Waals surface area contributed by atoms with Gasteiger partial charge < -0.3 is 10.2 Å². The highest BCUT2D eigenvalue weighted by atomic mass is 35.5. The normalized spacial score (nSPS) is 17.0. The molecule has 2 amide bonds. The number of hydrogen-bond acceptors (Lipinski definition) is 2. The smallest absolute Gasteiger partial charge is 0.229 e. The number of carbonyl (C=O) groups is 2. The first-order valence-electron chi connectivity index (χ1n) is 7.37. The van der Waals surface area contributed by atoms with E-state index in [-0.39, 0.29) is 29.8 Å². The summed E-state index contributed by atoms with van der Waals surface area (Å²) in [5, 5.41) is 4.18. The molecule has 1 aliphatic rings. The lowest BCUT2D eigenvalue weighted by molar-refractivity contribution is -0.122. The molecule has 2 aromatic carbocycles. The summed E-state index contributed by atoms with van der Waals surface area (Å²) in [5.41, 5.74) is 0.904. The largest absolute Gasteiger partial charge is 0.324 e. The average Bonchev–Trinajstić information content (AvgIpc) is 2.95. The van der Waals surface area contributed by atoms with Gasteiger partial charge in [0.25, 0.3) is 0 Å². The maximum Gasteiger partial charge on any atom is 0.229 e. The van der Waals surface area contributed by atoms with Gasteiger partial charge in [-0.25, -0.2) is 0 Å². The molecule has 130 valence electrons. The Morgan fingerprint density at radius 1 is 1.08 bits per heavy atom. The molecule has 0 bridgehead atoms. The summed E-state index contributed by atoms with van der Waals surface area (Å²) in [7, 11) is 0. The third kappa shape index (κ3) is 3.87. The quantitative estimate of drug-likeness (QED) is 0.737. The summed E-state index contributed by atoms with van der Waals surface area (Å²) in [6.45, 7) is 0.211. The second kappa shape index (κ2) is 7.42. The van der Waals surface area contributed by atoms with E-state index in [1.807, 2.05) is 0 Å². The fraction of sp³-hybridized carbons (Fsp3) is 0.176. The predicted octanol–water partition coefficient (Wildman–Crippen LogP) is 5.29. The second-order valence-electron chi connectivity index (χ2n) is 5.59. The van der Waals surface area contributed by atoms with E-state index in [4.69, 9.17) is 46.4 Å². The van der Waals surface area contributed by atoms with Gasteiger partial charge in [-0.05, 0) is 30.3 Å². The molecule has 1 aliphatic heterocycles. The molecular formula is C17H12Cl4N2O2. The van der Waals surface area contributed by atoms with Crippen LogP contribution in [0.3, 0.4) is 0 Å². The Labute approximate surface area is 164 Å². The zero-order valence-corrected chi connectivity index (χ0v) is 15.8. The minimum Gasteiger partial charge on any atom is -0.324 e. The third-order valence-electron chi connectivity index (χ3n) is 3.90. The fourth-order valence-electron chi connectivity index (χ4n) is 2.64. The molecule has 0 spiro atoms. The molecule has 1 fully saturated rings. The second-order valence-corrected chi connectivity index (χ2v) is 7.22. The van der Waals surface area contributed by atoms with E-state index in [9.17, 15) is 9.59 Å². The van der Waals surface area contributed by atoms with Gasteiger partial charge in [0.1, 0.15) is 0 Å². The van der Waals surface area contributed by atoms with E-state index in [1.165, 1.54) is 4.90 Å². The van der Waals surface area contributed by atoms with E-state index < -0.39 is 5.92 Å². The first-order chi connectivity index (χ1) is 11.9. The Morgan fingerprint density at radius 2 is 1.84 bits per heavy atom. The number of amides is 2. The van der Waals surface area contributed by atoms with Crippen LogP contribution in [0.2, 0.25) is 20.1 Å². The first kappa shape index (κ1) is 18.3. The molecule has 1 N–H and O–H groups in total. The van der Waals surface area contributed by atoms with Crippen molar-refractivity contribution in [3.05, 3.63) is 56.5 Å². The molecular weight excluding hydrogens is 406 g/mol. The van der Waals surface area contributed by atoms with Gasteiger partial charge >= 0.3 is 0 Å². The molecule has 3 rings (SSSR count). The van der Waals surface area contributed by atoms with Crippen molar-refractivity contribution < 1.29 is 9.59 Å². The Balaban J connectivity index is 1.77. The van der Waals surface area contributed by atoms with E-state index in [0.29, 0.717) is 26.4 Å². The first-order valence-corrected chi connectivity index (χ1v) is 8.88. The van der Waals surface area contributed by atoms with Crippen LogP contribution in [0.4, 0.5) is 11.4 Å². The molecule has 4 nitrogen and oxygen atoms in total. The van der Waals surface area contributed by atoms with Crippen LogP contribution in [-0.4, -0.2) is 18.4 Å². The van der Waals surface area contributed by atoms with Crippen molar-refractivity contribution in [2.75, 3.05) is 16.8 Å². The Kier molecular flexibility index (Phi) is 5.44. The topological polar surface area (TPSA) is 49.4 Å². The number of benzene rings is 2. The van der Waals surface area contributed by atoms with Crippen LogP contribution < -0.4 is 10.2 Å². The van der Waals surface area contributed by atoms with Crippen molar-refractivity contribution in [2.24, 2.45) is 5.92 Å². The molecule has 0 unspecified atom stereocenters. The van der Waals surface area contributed by atoms with Crippen molar-refractivity contribution in [1.29, 1.82) is 0 Å². The number of anilines is 2. The van der Waals surface area contributed by atoms with Crippen molar-refractivity contribution in [1.82, 2.24) is 0 Å². The van der Waals surface area contributed by atoms with Gasteiger partial charge in [0, 0.05) is 18.0 Å². The van der Waals surface area contributed by atoms with Gasteiger partial charge in [-0.15, -0.1) is 0 Å². The molecule has 1 saturated heterocycles. The van der Waals surface area contributed by atoms with Crippen molar-refractivity contribution >= 4 is 69.6 Å². The molecule has 0 aliphatic carbocycles.